The average Bonchev–Trinajstić information content (AvgIpc) is 2.70. The lowest BCUT2D eigenvalue weighted by Crippen LogP contribution is -2.53. The number of carbonyl (C=O) groups is 1. The number of piperazine rings is 1. The van der Waals surface area contributed by atoms with Gasteiger partial charge in [0, 0.05) is 32.2 Å². The van der Waals surface area contributed by atoms with E-state index in [-0.39, 0.29) is 11.6 Å². The van der Waals surface area contributed by atoms with Gasteiger partial charge >= 0.3 is 0 Å². The van der Waals surface area contributed by atoms with Gasteiger partial charge in [0.2, 0.25) is 5.91 Å². The molecule has 1 N–H and O–H groups in total. The van der Waals surface area contributed by atoms with Gasteiger partial charge in [-0.25, -0.2) is 8.78 Å². The van der Waals surface area contributed by atoms with E-state index in [2.05, 4.69) is 10.2 Å². The van der Waals surface area contributed by atoms with Crippen LogP contribution in [0.15, 0.2) is 42.5 Å². The minimum atomic E-state index is -0.655. The third-order valence-electron chi connectivity index (χ3n) is 4.85. The Bertz CT molecular complexity index is 808. The fourth-order valence-electron chi connectivity index (χ4n) is 3.24. The molecule has 1 saturated heterocycles. The van der Waals surface area contributed by atoms with Crippen molar-refractivity contribution in [1.82, 2.24) is 4.90 Å². The summed E-state index contributed by atoms with van der Waals surface area (Å²) in [5, 5.41) is 2.48. The molecule has 7 heteroatoms. The molecule has 1 amide bonds. The van der Waals surface area contributed by atoms with Crippen molar-refractivity contribution in [2.75, 3.05) is 43.5 Å². The second-order valence-corrected chi connectivity index (χ2v) is 6.48. The molecular formula is C20H23F2N3O2. The molecule has 5 nitrogen and oxygen atoms in total. The zero-order valence-corrected chi connectivity index (χ0v) is 15.4. The number of anilines is 2. The highest BCUT2D eigenvalue weighted by Gasteiger charge is 2.27. The molecule has 1 aliphatic rings. The van der Waals surface area contributed by atoms with Crippen molar-refractivity contribution in [3.8, 4) is 5.75 Å². The highest BCUT2D eigenvalue weighted by atomic mass is 19.1. The molecule has 144 valence electrons. The highest BCUT2D eigenvalue weighted by molar-refractivity contribution is 5.94. The summed E-state index contributed by atoms with van der Waals surface area (Å²) in [5.74, 6) is -0.786. The fourth-order valence-corrected chi connectivity index (χ4v) is 3.24. The maximum absolute atomic E-state index is 13.7. The lowest BCUT2D eigenvalue weighted by atomic mass is 10.2. The van der Waals surface area contributed by atoms with Crippen molar-refractivity contribution >= 4 is 17.3 Å². The molecule has 0 radical (unpaired) electrons. The maximum atomic E-state index is 13.7. The second-order valence-electron chi connectivity index (χ2n) is 6.48. The van der Waals surface area contributed by atoms with Crippen molar-refractivity contribution in [1.29, 1.82) is 0 Å². The standard InChI is InChI=1S/C20H23F2N3O2/c1-14(20(26)23-17-13-15(21)7-8-16(17)22)24-9-11-25(12-10-24)18-5-3-4-6-19(18)27-2/h3-8,13-14H,9-12H2,1-2H3,(H,23,26)/t14-/m0/s1. The molecule has 3 rings (SSSR count). The van der Waals surface area contributed by atoms with E-state index in [4.69, 9.17) is 4.74 Å². The Morgan fingerprint density at radius 2 is 1.81 bits per heavy atom. The molecule has 1 atom stereocenters. The van der Waals surface area contributed by atoms with Crippen LogP contribution in [-0.2, 0) is 4.79 Å². The molecule has 0 saturated carbocycles. The Labute approximate surface area is 157 Å². The van der Waals surface area contributed by atoms with Gasteiger partial charge in [0.05, 0.1) is 24.5 Å². The SMILES string of the molecule is COc1ccccc1N1CCN([C@@H](C)C(=O)Nc2cc(F)ccc2F)CC1. The molecule has 2 aromatic carbocycles. The number of methoxy groups -OCH3 is 1. The first-order valence-corrected chi connectivity index (χ1v) is 8.87. The number of amides is 1. The number of para-hydroxylation sites is 2. The van der Waals surface area contributed by atoms with Gasteiger partial charge in [0.1, 0.15) is 17.4 Å². The fraction of sp³-hybridized carbons (Fsp3) is 0.350. The second kappa shape index (κ2) is 8.35. The summed E-state index contributed by atoms with van der Waals surface area (Å²) < 4.78 is 32.4. The number of nitrogens with one attached hydrogen (secondary N) is 1. The van der Waals surface area contributed by atoms with Gasteiger partial charge in [-0.1, -0.05) is 12.1 Å². The van der Waals surface area contributed by atoms with Crippen molar-refractivity contribution in [2.24, 2.45) is 0 Å². The zero-order chi connectivity index (χ0) is 19.4. The molecule has 2 aromatic rings. The van der Waals surface area contributed by atoms with Crippen LogP contribution < -0.4 is 15.0 Å². The first-order chi connectivity index (χ1) is 13.0. The topological polar surface area (TPSA) is 44.8 Å². The zero-order valence-electron chi connectivity index (χ0n) is 15.4. The van der Waals surface area contributed by atoms with E-state index in [0.29, 0.717) is 13.1 Å². The van der Waals surface area contributed by atoms with Crippen LogP contribution in [-0.4, -0.2) is 50.1 Å². The molecule has 0 aromatic heterocycles. The first kappa shape index (κ1) is 19.1. The summed E-state index contributed by atoms with van der Waals surface area (Å²) in [6.45, 7) is 4.61. The Hall–Kier alpha value is -2.67. The van der Waals surface area contributed by atoms with E-state index in [9.17, 15) is 13.6 Å². The van der Waals surface area contributed by atoms with E-state index >= 15 is 0 Å². The number of benzene rings is 2. The molecule has 1 aliphatic heterocycles. The first-order valence-electron chi connectivity index (χ1n) is 8.87. The third kappa shape index (κ3) is 4.36. The van der Waals surface area contributed by atoms with Crippen LogP contribution in [0.3, 0.4) is 0 Å². The number of hydrogen-bond donors (Lipinski definition) is 1. The highest BCUT2D eigenvalue weighted by Crippen LogP contribution is 2.28. The number of rotatable bonds is 5. The van der Waals surface area contributed by atoms with E-state index in [1.54, 1.807) is 14.0 Å². The predicted molar refractivity (Wildman–Crippen MR) is 101 cm³/mol. The van der Waals surface area contributed by atoms with Crippen molar-refractivity contribution in [3.05, 3.63) is 54.1 Å². The van der Waals surface area contributed by atoms with Gasteiger partial charge in [-0.15, -0.1) is 0 Å². The molecule has 0 unspecified atom stereocenters. The van der Waals surface area contributed by atoms with E-state index in [1.807, 2.05) is 29.2 Å². The van der Waals surface area contributed by atoms with Gasteiger partial charge in [0.25, 0.3) is 0 Å². The Morgan fingerprint density at radius 1 is 1.11 bits per heavy atom. The van der Waals surface area contributed by atoms with Crippen molar-refractivity contribution in [3.63, 3.8) is 0 Å². The summed E-state index contributed by atoms with van der Waals surface area (Å²) in [7, 11) is 1.65. The molecule has 0 bridgehead atoms. The van der Waals surface area contributed by atoms with E-state index < -0.39 is 17.7 Å². The lowest BCUT2D eigenvalue weighted by molar-refractivity contribution is -0.120. The number of halogens is 2. The number of hydrogen-bond acceptors (Lipinski definition) is 4. The Balaban J connectivity index is 1.60. The lowest BCUT2D eigenvalue weighted by Gasteiger charge is -2.38. The van der Waals surface area contributed by atoms with Crippen molar-refractivity contribution in [2.45, 2.75) is 13.0 Å². The van der Waals surface area contributed by atoms with Gasteiger partial charge in [0.15, 0.2) is 0 Å². The molecule has 0 aliphatic carbocycles. The molecule has 27 heavy (non-hydrogen) atoms. The van der Waals surface area contributed by atoms with E-state index in [1.165, 1.54) is 0 Å². The summed E-state index contributed by atoms with van der Waals surface area (Å²) in [4.78, 5) is 16.7. The minimum Gasteiger partial charge on any atom is -0.495 e. The van der Waals surface area contributed by atoms with Gasteiger partial charge in [-0.05, 0) is 31.2 Å². The smallest absolute Gasteiger partial charge is 0.241 e. The van der Waals surface area contributed by atoms with Crippen LogP contribution in [0.5, 0.6) is 5.75 Å². The van der Waals surface area contributed by atoms with Crippen LogP contribution in [0.1, 0.15) is 6.92 Å². The van der Waals surface area contributed by atoms with Crippen LogP contribution in [0.25, 0.3) is 0 Å². The number of carbonyl (C=O) groups excluding carboxylic acids is 1. The number of nitrogens with zero attached hydrogens (tertiary/aromatic N) is 2. The summed E-state index contributed by atoms with van der Waals surface area (Å²) in [6, 6.07) is 10.4. The largest absolute Gasteiger partial charge is 0.495 e. The van der Waals surface area contributed by atoms with Crippen LogP contribution in [0.4, 0.5) is 20.2 Å². The maximum Gasteiger partial charge on any atom is 0.241 e. The molecular weight excluding hydrogens is 352 g/mol. The molecule has 0 spiro atoms. The number of ether oxygens (including phenoxy) is 1. The normalized spacial score (nSPS) is 16.1. The Morgan fingerprint density at radius 3 is 2.52 bits per heavy atom. The Kier molecular flexibility index (Phi) is 5.91. The summed E-state index contributed by atoms with van der Waals surface area (Å²) >= 11 is 0. The third-order valence-corrected chi connectivity index (χ3v) is 4.85. The van der Waals surface area contributed by atoms with Crippen molar-refractivity contribution < 1.29 is 18.3 Å². The van der Waals surface area contributed by atoms with Crippen LogP contribution in [0.2, 0.25) is 0 Å². The minimum absolute atomic E-state index is 0.139. The van der Waals surface area contributed by atoms with Crippen LogP contribution >= 0.6 is 0 Å². The van der Waals surface area contributed by atoms with E-state index in [0.717, 1.165) is 42.7 Å². The predicted octanol–water partition coefficient (Wildman–Crippen LogP) is 3.12. The average molecular weight is 375 g/mol. The molecule has 1 fully saturated rings. The van der Waals surface area contributed by atoms with Gasteiger partial charge in [-0.2, -0.15) is 0 Å². The monoisotopic (exact) mass is 375 g/mol. The van der Waals surface area contributed by atoms with Gasteiger partial charge in [-0.3, -0.25) is 9.69 Å². The summed E-state index contributed by atoms with van der Waals surface area (Å²) in [6.07, 6.45) is 0. The van der Waals surface area contributed by atoms with Crippen LogP contribution in [0, 0.1) is 11.6 Å². The van der Waals surface area contributed by atoms with Gasteiger partial charge < -0.3 is 15.0 Å². The quantitative estimate of drug-likeness (QED) is 0.872. The summed E-state index contributed by atoms with van der Waals surface area (Å²) in [5.41, 5.74) is 0.887. The molecule has 1 heterocycles.